The van der Waals surface area contributed by atoms with Gasteiger partial charge in [-0.2, -0.15) is 0 Å². The molecule has 0 amide bonds. The molecule has 2 N–H and O–H groups in total. The van der Waals surface area contributed by atoms with Gasteiger partial charge in [0.2, 0.25) is 0 Å². The van der Waals surface area contributed by atoms with E-state index in [0.29, 0.717) is 6.54 Å². The van der Waals surface area contributed by atoms with Crippen molar-refractivity contribution >= 4 is 11.8 Å². The highest BCUT2D eigenvalue weighted by Crippen LogP contribution is 2.23. The van der Waals surface area contributed by atoms with Crippen LogP contribution in [0.15, 0.2) is 53.4 Å². The highest BCUT2D eigenvalue weighted by atomic mass is 32.2. The first kappa shape index (κ1) is 12.1. The Balaban J connectivity index is 1.99. The molecule has 0 fully saturated rings. The zero-order chi connectivity index (χ0) is 12.1. The summed E-state index contributed by atoms with van der Waals surface area (Å²) in [6.07, 6.45) is 0. The van der Waals surface area contributed by atoms with E-state index in [0.717, 1.165) is 16.9 Å². The molecule has 2 rings (SSSR count). The maximum Gasteiger partial charge on any atom is 0.123 e. The first-order valence-electron chi connectivity index (χ1n) is 5.44. The normalized spacial score (nSPS) is 10.5. The van der Waals surface area contributed by atoms with Crippen molar-refractivity contribution in [2.24, 2.45) is 5.73 Å². The maximum atomic E-state index is 12.7. The summed E-state index contributed by atoms with van der Waals surface area (Å²) in [5.74, 6) is 0.651. The fourth-order valence-electron chi connectivity index (χ4n) is 1.51. The molecule has 17 heavy (non-hydrogen) atoms. The summed E-state index contributed by atoms with van der Waals surface area (Å²) in [6.45, 7) is 0.560. The molecule has 0 bridgehead atoms. The van der Waals surface area contributed by atoms with Crippen molar-refractivity contribution in [1.29, 1.82) is 0 Å². The second kappa shape index (κ2) is 5.84. The molecule has 0 spiro atoms. The van der Waals surface area contributed by atoms with E-state index < -0.39 is 0 Å². The van der Waals surface area contributed by atoms with Crippen molar-refractivity contribution in [1.82, 2.24) is 0 Å². The molecule has 0 aromatic heterocycles. The number of hydrogen-bond donors (Lipinski definition) is 1. The molecule has 0 heterocycles. The zero-order valence-electron chi connectivity index (χ0n) is 9.40. The molecule has 0 radical (unpaired) electrons. The molecule has 0 saturated heterocycles. The summed E-state index contributed by atoms with van der Waals surface area (Å²) in [6, 6.07) is 14.8. The lowest BCUT2D eigenvalue weighted by Gasteiger charge is -2.04. The Bertz CT molecular complexity index is 482. The smallest absolute Gasteiger partial charge is 0.123 e. The number of benzene rings is 2. The first-order valence-corrected chi connectivity index (χ1v) is 6.43. The van der Waals surface area contributed by atoms with E-state index >= 15 is 0 Å². The maximum absolute atomic E-state index is 12.7. The number of halogens is 1. The third kappa shape index (κ3) is 3.58. The lowest BCUT2D eigenvalue weighted by Crippen LogP contribution is -1.95. The summed E-state index contributed by atoms with van der Waals surface area (Å²) < 4.78 is 12.7. The fraction of sp³-hybridized carbons (Fsp3) is 0.143. The van der Waals surface area contributed by atoms with Crippen molar-refractivity contribution in [3.05, 3.63) is 65.5 Å². The van der Waals surface area contributed by atoms with Gasteiger partial charge in [-0.15, -0.1) is 11.8 Å². The van der Waals surface area contributed by atoms with Gasteiger partial charge in [0.05, 0.1) is 0 Å². The molecule has 0 aliphatic heterocycles. The van der Waals surface area contributed by atoms with E-state index in [1.807, 2.05) is 24.3 Å². The zero-order valence-corrected chi connectivity index (χ0v) is 10.2. The molecule has 0 aliphatic carbocycles. The van der Waals surface area contributed by atoms with Crippen LogP contribution in [-0.2, 0) is 12.3 Å². The van der Waals surface area contributed by atoms with Gasteiger partial charge >= 0.3 is 0 Å². The van der Waals surface area contributed by atoms with E-state index in [2.05, 4.69) is 12.1 Å². The fourth-order valence-corrected chi connectivity index (χ4v) is 2.44. The van der Waals surface area contributed by atoms with Gasteiger partial charge in [0.15, 0.2) is 0 Å². The molecular formula is C14H14FNS. The number of rotatable bonds is 4. The Morgan fingerprint density at radius 1 is 1.00 bits per heavy atom. The van der Waals surface area contributed by atoms with Gasteiger partial charge in [-0.05, 0) is 35.4 Å². The average Bonchev–Trinajstić information content (AvgIpc) is 2.38. The lowest BCUT2D eigenvalue weighted by atomic mass is 10.2. The third-order valence-electron chi connectivity index (χ3n) is 2.45. The Kier molecular flexibility index (Phi) is 4.18. The number of thioether (sulfide) groups is 1. The van der Waals surface area contributed by atoms with E-state index in [1.165, 1.54) is 17.0 Å². The van der Waals surface area contributed by atoms with Crippen LogP contribution < -0.4 is 5.73 Å². The SMILES string of the molecule is NCc1cccc(SCc2ccc(F)cc2)c1. The van der Waals surface area contributed by atoms with Gasteiger partial charge < -0.3 is 5.73 Å². The third-order valence-corrected chi connectivity index (χ3v) is 3.52. The van der Waals surface area contributed by atoms with Crippen molar-refractivity contribution < 1.29 is 4.39 Å². The summed E-state index contributed by atoms with van der Waals surface area (Å²) in [4.78, 5) is 1.19. The van der Waals surface area contributed by atoms with Crippen LogP contribution >= 0.6 is 11.8 Å². The van der Waals surface area contributed by atoms with Gasteiger partial charge in [-0.1, -0.05) is 24.3 Å². The van der Waals surface area contributed by atoms with Crippen LogP contribution in [-0.4, -0.2) is 0 Å². The Labute approximate surface area is 105 Å². The van der Waals surface area contributed by atoms with Gasteiger partial charge in [0.25, 0.3) is 0 Å². The monoisotopic (exact) mass is 247 g/mol. The second-order valence-electron chi connectivity index (χ2n) is 3.77. The molecule has 1 nitrogen and oxygen atoms in total. The van der Waals surface area contributed by atoms with Crippen LogP contribution in [0.2, 0.25) is 0 Å². The van der Waals surface area contributed by atoms with Gasteiger partial charge in [-0.3, -0.25) is 0 Å². The van der Waals surface area contributed by atoms with E-state index in [4.69, 9.17) is 5.73 Å². The van der Waals surface area contributed by atoms with Gasteiger partial charge in [-0.25, -0.2) is 4.39 Å². The van der Waals surface area contributed by atoms with E-state index in [-0.39, 0.29) is 5.82 Å². The molecule has 2 aromatic rings. The second-order valence-corrected chi connectivity index (χ2v) is 4.82. The molecule has 0 saturated carbocycles. The van der Waals surface area contributed by atoms with E-state index in [1.54, 1.807) is 11.8 Å². The van der Waals surface area contributed by atoms with Crippen LogP contribution in [0.1, 0.15) is 11.1 Å². The Hall–Kier alpha value is -1.32. The molecule has 88 valence electrons. The molecular weight excluding hydrogens is 233 g/mol. The summed E-state index contributed by atoms with van der Waals surface area (Å²) >= 11 is 1.73. The van der Waals surface area contributed by atoms with Crippen molar-refractivity contribution in [3.8, 4) is 0 Å². The standard InChI is InChI=1S/C14H14FNS/c15-13-6-4-11(5-7-13)10-17-14-3-1-2-12(8-14)9-16/h1-8H,9-10,16H2. The number of hydrogen-bond acceptors (Lipinski definition) is 2. The van der Waals surface area contributed by atoms with Crippen molar-refractivity contribution in [3.63, 3.8) is 0 Å². The minimum atomic E-state index is -0.191. The quantitative estimate of drug-likeness (QED) is 0.836. The topological polar surface area (TPSA) is 26.0 Å². The molecule has 2 aromatic carbocycles. The summed E-state index contributed by atoms with van der Waals surface area (Å²) in [7, 11) is 0. The predicted octanol–water partition coefficient (Wildman–Crippen LogP) is 3.58. The highest BCUT2D eigenvalue weighted by Gasteiger charge is 1.98. The van der Waals surface area contributed by atoms with Crippen LogP contribution in [0.3, 0.4) is 0 Å². The molecule has 0 atom stereocenters. The lowest BCUT2D eigenvalue weighted by molar-refractivity contribution is 0.627. The Morgan fingerprint density at radius 3 is 2.47 bits per heavy atom. The van der Waals surface area contributed by atoms with Gasteiger partial charge in [0, 0.05) is 17.2 Å². The average molecular weight is 247 g/mol. The van der Waals surface area contributed by atoms with Crippen molar-refractivity contribution in [2.75, 3.05) is 0 Å². The van der Waals surface area contributed by atoms with Crippen LogP contribution in [0.25, 0.3) is 0 Å². The first-order chi connectivity index (χ1) is 8.28. The minimum absolute atomic E-state index is 0.191. The summed E-state index contributed by atoms with van der Waals surface area (Å²) in [5, 5.41) is 0. The highest BCUT2D eigenvalue weighted by molar-refractivity contribution is 7.98. The molecule has 3 heteroatoms. The van der Waals surface area contributed by atoms with Gasteiger partial charge in [0.1, 0.15) is 5.82 Å². The van der Waals surface area contributed by atoms with Crippen LogP contribution in [0, 0.1) is 5.82 Å². The molecule has 0 aliphatic rings. The van der Waals surface area contributed by atoms with E-state index in [9.17, 15) is 4.39 Å². The summed E-state index contributed by atoms with van der Waals surface area (Å²) in [5.41, 5.74) is 7.85. The largest absolute Gasteiger partial charge is 0.326 e. The number of nitrogens with two attached hydrogens (primary N) is 1. The molecule has 0 unspecified atom stereocenters. The van der Waals surface area contributed by atoms with Crippen LogP contribution in [0.4, 0.5) is 4.39 Å². The predicted molar refractivity (Wildman–Crippen MR) is 70.3 cm³/mol. The Morgan fingerprint density at radius 2 is 1.76 bits per heavy atom. The van der Waals surface area contributed by atoms with Crippen molar-refractivity contribution in [2.45, 2.75) is 17.2 Å². The van der Waals surface area contributed by atoms with Crippen LogP contribution in [0.5, 0.6) is 0 Å². The minimum Gasteiger partial charge on any atom is -0.326 e.